The second-order valence-corrected chi connectivity index (χ2v) is 7.24. The van der Waals surface area contributed by atoms with E-state index < -0.39 is 10.0 Å². The fourth-order valence-electron chi connectivity index (χ4n) is 2.35. The van der Waals surface area contributed by atoms with Gasteiger partial charge in [-0.15, -0.1) is 12.4 Å². The maximum atomic E-state index is 12.1. The van der Waals surface area contributed by atoms with Crippen LogP contribution < -0.4 is 10.5 Å². The molecule has 1 aromatic carbocycles. The molecule has 0 saturated heterocycles. The van der Waals surface area contributed by atoms with Crippen LogP contribution >= 0.6 is 24.0 Å². The van der Waals surface area contributed by atoms with Crippen LogP contribution in [0.3, 0.4) is 0 Å². The van der Waals surface area contributed by atoms with Gasteiger partial charge in [0, 0.05) is 17.1 Å². The highest BCUT2D eigenvalue weighted by atomic mass is 35.5. The lowest BCUT2D eigenvalue weighted by atomic mass is 9.93. The van der Waals surface area contributed by atoms with Gasteiger partial charge in [-0.05, 0) is 37.3 Å². The third-order valence-corrected chi connectivity index (χ3v) is 5.17. The van der Waals surface area contributed by atoms with Gasteiger partial charge in [0.25, 0.3) is 0 Å². The van der Waals surface area contributed by atoms with E-state index in [2.05, 4.69) is 4.72 Å². The summed E-state index contributed by atoms with van der Waals surface area (Å²) in [5, 5.41) is 0.485. The molecule has 0 aromatic heterocycles. The molecule has 0 bridgehead atoms. The van der Waals surface area contributed by atoms with E-state index in [9.17, 15) is 8.42 Å². The molecule has 1 aliphatic carbocycles. The molecule has 1 aromatic rings. The van der Waals surface area contributed by atoms with E-state index >= 15 is 0 Å². The third-order valence-electron chi connectivity index (χ3n) is 3.42. The van der Waals surface area contributed by atoms with E-state index in [1.807, 2.05) is 0 Å². The first-order valence-electron chi connectivity index (χ1n) is 6.45. The molecular weight excluding hydrogens is 319 g/mol. The molecule has 0 radical (unpaired) electrons. The van der Waals surface area contributed by atoms with Gasteiger partial charge in [0.2, 0.25) is 10.0 Å². The molecular formula is C13H20Cl2N2O2S. The Bertz CT molecular complexity index is 529. The van der Waals surface area contributed by atoms with Gasteiger partial charge in [0.15, 0.2) is 0 Å². The van der Waals surface area contributed by atoms with Gasteiger partial charge in [0.1, 0.15) is 0 Å². The number of nitrogens with two attached hydrogens (primary N) is 1. The van der Waals surface area contributed by atoms with Gasteiger partial charge >= 0.3 is 0 Å². The minimum absolute atomic E-state index is 0. The van der Waals surface area contributed by atoms with Crippen molar-refractivity contribution in [2.45, 2.75) is 43.5 Å². The summed E-state index contributed by atoms with van der Waals surface area (Å²) in [6.07, 6.45) is 3.37. The summed E-state index contributed by atoms with van der Waals surface area (Å²) >= 11 is 5.98. The minimum Gasteiger partial charge on any atom is -0.328 e. The first kappa shape index (κ1) is 17.7. The summed E-state index contributed by atoms with van der Waals surface area (Å²) < 4.78 is 27.0. The highest BCUT2D eigenvalue weighted by molar-refractivity contribution is 7.88. The average Bonchev–Trinajstić information content (AvgIpc) is 2.35. The Hall–Kier alpha value is -0.330. The third kappa shape index (κ3) is 5.22. The molecule has 0 aliphatic heterocycles. The molecule has 114 valence electrons. The first-order valence-corrected chi connectivity index (χ1v) is 8.48. The van der Waals surface area contributed by atoms with Crippen LogP contribution in [0.15, 0.2) is 24.3 Å². The van der Waals surface area contributed by atoms with Crippen molar-refractivity contribution < 1.29 is 8.42 Å². The summed E-state index contributed by atoms with van der Waals surface area (Å²) in [6.45, 7) is 0. The van der Waals surface area contributed by atoms with Crippen molar-refractivity contribution in [3.63, 3.8) is 0 Å². The largest absolute Gasteiger partial charge is 0.328 e. The molecule has 2 rings (SSSR count). The standard InChI is InChI=1S/C13H19ClN2O2S.ClH/c14-13-4-2-1-3-10(13)9-19(17,18)16-12-7-5-11(15)6-8-12;/h1-4,11-12,16H,5-9,15H2;1H. The molecule has 4 nitrogen and oxygen atoms in total. The van der Waals surface area contributed by atoms with Crippen molar-refractivity contribution in [2.24, 2.45) is 5.73 Å². The van der Waals surface area contributed by atoms with Crippen LogP contribution in [0.2, 0.25) is 5.02 Å². The van der Waals surface area contributed by atoms with Crippen LogP contribution in [0, 0.1) is 0 Å². The average molecular weight is 339 g/mol. The Morgan fingerprint density at radius 1 is 1.20 bits per heavy atom. The fraction of sp³-hybridized carbons (Fsp3) is 0.538. The Labute approximate surface area is 131 Å². The molecule has 7 heteroatoms. The molecule has 0 unspecified atom stereocenters. The van der Waals surface area contributed by atoms with E-state index in [4.69, 9.17) is 17.3 Å². The zero-order valence-electron chi connectivity index (χ0n) is 11.1. The monoisotopic (exact) mass is 338 g/mol. The van der Waals surface area contributed by atoms with E-state index in [0.717, 1.165) is 25.7 Å². The van der Waals surface area contributed by atoms with Crippen molar-refractivity contribution in [3.05, 3.63) is 34.9 Å². The van der Waals surface area contributed by atoms with Gasteiger partial charge in [-0.3, -0.25) is 0 Å². The maximum absolute atomic E-state index is 12.1. The number of hydrogen-bond acceptors (Lipinski definition) is 3. The van der Waals surface area contributed by atoms with Crippen molar-refractivity contribution >= 4 is 34.0 Å². The number of benzene rings is 1. The lowest BCUT2D eigenvalue weighted by Gasteiger charge is -2.26. The Morgan fingerprint density at radius 2 is 1.80 bits per heavy atom. The van der Waals surface area contributed by atoms with E-state index in [0.29, 0.717) is 10.6 Å². The van der Waals surface area contributed by atoms with Crippen LogP contribution in [-0.2, 0) is 15.8 Å². The van der Waals surface area contributed by atoms with Crippen molar-refractivity contribution in [1.82, 2.24) is 4.72 Å². The van der Waals surface area contributed by atoms with Crippen LogP contribution in [0.5, 0.6) is 0 Å². The molecule has 0 amide bonds. The highest BCUT2D eigenvalue weighted by Gasteiger charge is 2.23. The van der Waals surface area contributed by atoms with Crippen LogP contribution in [0.25, 0.3) is 0 Å². The van der Waals surface area contributed by atoms with Crippen molar-refractivity contribution in [1.29, 1.82) is 0 Å². The number of sulfonamides is 1. The number of nitrogens with one attached hydrogen (secondary N) is 1. The molecule has 1 aliphatic rings. The molecule has 0 heterocycles. The molecule has 0 spiro atoms. The maximum Gasteiger partial charge on any atom is 0.216 e. The lowest BCUT2D eigenvalue weighted by molar-refractivity contribution is 0.373. The molecule has 3 N–H and O–H groups in total. The number of rotatable bonds is 4. The number of hydrogen-bond donors (Lipinski definition) is 2. The summed E-state index contributed by atoms with van der Waals surface area (Å²) in [5.74, 6) is -0.0742. The van der Waals surface area contributed by atoms with Gasteiger partial charge in [-0.2, -0.15) is 0 Å². The predicted octanol–water partition coefficient (Wildman–Crippen LogP) is 2.45. The Morgan fingerprint density at radius 3 is 2.40 bits per heavy atom. The van der Waals surface area contributed by atoms with Gasteiger partial charge in [-0.25, -0.2) is 13.1 Å². The zero-order valence-corrected chi connectivity index (χ0v) is 13.5. The van der Waals surface area contributed by atoms with Crippen LogP contribution in [0.1, 0.15) is 31.2 Å². The quantitative estimate of drug-likeness (QED) is 0.885. The topological polar surface area (TPSA) is 72.2 Å². The van der Waals surface area contributed by atoms with E-state index in [1.165, 1.54) is 0 Å². The smallest absolute Gasteiger partial charge is 0.216 e. The summed E-state index contributed by atoms with van der Waals surface area (Å²) in [4.78, 5) is 0. The lowest BCUT2D eigenvalue weighted by Crippen LogP contribution is -2.40. The van der Waals surface area contributed by atoms with Crippen molar-refractivity contribution in [3.8, 4) is 0 Å². The predicted molar refractivity (Wildman–Crippen MR) is 84.7 cm³/mol. The molecule has 20 heavy (non-hydrogen) atoms. The Balaban J connectivity index is 0.00000200. The van der Waals surface area contributed by atoms with E-state index in [-0.39, 0.29) is 30.2 Å². The summed E-state index contributed by atoms with van der Waals surface area (Å²) in [7, 11) is -3.35. The number of halogens is 2. The minimum atomic E-state index is -3.35. The Kier molecular flexibility index (Phi) is 6.75. The van der Waals surface area contributed by atoms with Crippen molar-refractivity contribution in [2.75, 3.05) is 0 Å². The summed E-state index contributed by atoms with van der Waals surface area (Å²) in [5.41, 5.74) is 6.44. The summed E-state index contributed by atoms with van der Waals surface area (Å²) in [6, 6.07) is 7.23. The van der Waals surface area contributed by atoms with Crippen LogP contribution in [-0.4, -0.2) is 20.5 Å². The first-order chi connectivity index (χ1) is 8.96. The SMILES string of the molecule is Cl.NC1CCC(NS(=O)(=O)Cc2ccccc2Cl)CC1. The van der Waals surface area contributed by atoms with Gasteiger partial charge in [-0.1, -0.05) is 29.8 Å². The van der Waals surface area contributed by atoms with E-state index in [1.54, 1.807) is 24.3 Å². The highest BCUT2D eigenvalue weighted by Crippen LogP contribution is 2.20. The normalized spacial score (nSPS) is 23.1. The molecule has 1 fully saturated rings. The van der Waals surface area contributed by atoms with Gasteiger partial charge < -0.3 is 5.73 Å². The second-order valence-electron chi connectivity index (χ2n) is 5.08. The molecule has 1 saturated carbocycles. The fourth-order valence-corrected chi connectivity index (χ4v) is 4.12. The zero-order chi connectivity index (χ0) is 13.9. The second kappa shape index (κ2) is 7.61. The molecule has 0 atom stereocenters. The van der Waals surface area contributed by atoms with Crippen LogP contribution in [0.4, 0.5) is 0 Å². The van der Waals surface area contributed by atoms with Gasteiger partial charge in [0.05, 0.1) is 5.75 Å².